The number of aryl methyl sites for hydroxylation is 5. The van der Waals surface area contributed by atoms with Crippen molar-refractivity contribution < 1.29 is 18.8 Å². The minimum atomic E-state index is -0.510. The molecule has 2 aromatic heterocycles. The van der Waals surface area contributed by atoms with Crippen molar-refractivity contribution in [1.82, 2.24) is 10.1 Å². The summed E-state index contributed by atoms with van der Waals surface area (Å²) in [5, 5.41) is 6.08. The molecule has 0 aliphatic carbocycles. The zero-order chi connectivity index (χ0) is 21.3. The number of aromatic nitrogens is 2. The van der Waals surface area contributed by atoms with Gasteiger partial charge in [0.15, 0.2) is 5.13 Å². The standard InChI is InChI=1S/C21H23N3O4S/c1-11-7-12(2)19(13(3)8-11)24(16(6)25)21-22-17(10-29-21)9-27-20(26)18-14(4)23-28-15(18)5/h7-8,10H,9H2,1-6H3. The van der Waals surface area contributed by atoms with Crippen molar-refractivity contribution in [2.45, 2.75) is 48.1 Å². The Bertz CT molecular complexity index is 1040. The Balaban J connectivity index is 1.82. The predicted molar refractivity (Wildman–Crippen MR) is 111 cm³/mol. The van der Waals surface area contributed by atoms with Crippen LogP contribution in [0, 0.1) is 34.6 Å². The summed E-state index contributed by atoms with van der Waals surface area (Å²) < 4.78 is 10.4. The highest BCUT2D eigenvalue weighted by molar-refractivity contribution is 7.14. The molecule has 2 heterocycles. The van der Waals surface area contributed by atoms with E-state index in [2.05, 4.69) is 10.1 Å². The highest BCUT2D eigenvalue weighted by atomic mass is 32.1. The van der Waals surface area contributed by atoms with Gasteiger partial charge in [0, 0.05) is 12.3 Å². The van der Waals surface area contributed by atoms with Crippen LogP contribution in [0.5, 0.6) is 0 Å². The van der Waals surface area contributed by atoms with Gasteiger partial charge in [-0.1, -0.05) is 22.9 Å². The van der Waals surface area contributed by atoms with Crippen molar-refractivity contribution in [3.05, 3.63) is 56.9 Å². The van der Waals surface area contributed by atoms with E-state index >= 15 is 0 Å². The fourth-order valence-electron chi connectivity index (χ4n) is 3.36. The minimum absolute atomic E-state index is 0.00298. The molecule has 0 atom stereocenters. The Kier molecular flexibility index (Phi) is 5.83. The molecule has 0 saturated carbocycles. The van der Waals surface area contributed by atoms with E-state index in [0.717, 1.165) is 22.4 Å². The smallest absolute Gasteiger partial charge is 0.344 e. The summed E-state index contributed by atoms with van der Waals surface area (Å²) >= 11 is 1.33. The van der Waals surface area contributed by atoms with Crippen molar-refractivity contribution in [3.8, 4) is 0 Å². The summed E-state index contributed by atoms with van der Waals surface area (Å²) in [6, 6.07) is 4.08. The van der Waals surface area contributed by atoms with Gasteiger partial charge in [0.05, 0.1) is 17.1 Å². The highest BCUT2D eigenvalue weighted by Gasteiger charge is 2.23. The van der Waals surface area contributed by atoms with Crippen LogP contribution in [0.2, 0.25) is 0 Å². The molecule has 0 aliphatic heterocycles. The fraction of sp³-hybridized carbons (Fsp3) is 0.333. The van der Waals surface area contributed by atoms with Crippen LogP contribution in [0.3, 0.4) is 0 Å². The maximum absolute atomic E-state index is 12.4. The monoisotopic (exact) mass is 413 g/mol. The molecule has 29 heavy (non-hydrogen) atoms. The summed E-state index contributed by atoms with van der Waals surface area (Å²) in [4.78, 5) is 30.9. The number of benzene rings is 1. The van der Waals surface area contributed by atoms with Gasteiger partial charge < -0.3 is 9.26 Å². The van der Waals surface area contributed by atoms with Crippen LogP contribution in [0.1, 0.15) is 51.1 Å². The van der Waals surface area contributed by atoms with Crippen molar-refractivity contribution in [3.63, 3.8) is 0 Å². The number of hydrogen-bond donors (Lipinski definition) is 0. The van der Waals surface area contributed by atoms with Gasteiger partial charge in [0.2, 0.25) is 5.91 Å². The highest BCUT2D eigenvalue weighted by Crippen LogP contribution is 2.34. The Morgan fingerprint density at radius 3 is 2.34 bits per heavy atom. The number of rotatable bonds is 5. The van der Waals surface area contributed by atoms with Gasteiger partial charge in [-0.2, -0.15) is 0 Å². The number of esters is 1. The number of nitrogens with zero attached hydrogens (tertiary/aromatic N) is 3. The molecule has 0 fully saturated rings. The zero-order valence-electron chi connectivity index (χ0n) is 17.3. The topological polar surface area (TPSA) is 85.5 Å². The van der Waals surface area contributed by atoms with Gasteiger partial charge in [-0.05, 0) is 45.7 Å². The first-order chi connectivity index (χ1) is 13.7. The largest absolute Gasteiger partial charge is 0.455 e. The molecule has 0 unspecified atom stereocenters. The Morgan fingerprint density at radius 2 is 1.79 bits per heavy atom. The number of carbonyl (C=O) groups excluding carboxylic acids is 2. The Morgan fingerprint density at radius 1 is 1.14 bits per heavy atom. The lowest BCUT2D eigenvalue weighted by atomic mass is 10.0. The lowest BCUT2D eigenvalue weighted by Gasteiger charge is -2.23. The molecule has 152 valence electrons. The van der Waals surface area contributed by atoms with Gasteiger partial charge >= 0.3 is 5.97 Å². The van der Waals surface area contributed by atoms with Crippen LogP contribution in [-0.4, -0.2) is 22.0 Å². The molecule has 3 aromatic rings. The van der Waals surface area contributed by atoms with E-state index in [9.17, 15) is 9.59 Å². The molecule has 1 amide bonds. The molecular weight excluding hydrogens is 390 g/mol. The van der Waals surface area contributed by atoms with Crippen LogP contribution in [0.25, 0.3) is 0 Å². The lowest BCUT2D eigenvalue weighted by Crippen LogP contribution is -2.24. The molecule has 1 aromatic carbocycles. The summed E-state index contributed by atoms with van der Waals surface area (Å²) in [7, 11) is 0. The van der Waals surface area contributed by atoms with Gasteiger partial charge in [0.1, 0.15) is 17.9 Å². The van der Waals surface area contributed by atoms with E-state index in [0.29, 0.717) is 27.8 Å². The number of thiazole rings is 1. The van der Waals surface area contributed by atoms with Crippen LogP contribution < -0.4 is 4.90 Å². The van der Waals surface area contributed by atoms with Crippen molar-refractivity contribution >= 4 is 34.0 Å². The molecule has 7 nitrogen and oxygen atoms in total. The third-order valence-corrected chi connectivity index (χ3v) is 5.37. The molecule has 0 bridgehead atoms. The second-order valence-electron chi connectivity index (χ2n) is 7.00. The molecule has 0 radical (unpaired) electrons. The van der Waals surface area contributed by atoms with Gasteiger partial charge in [-0.25, -0.2) is 9.78 Å². The average molecular weight is 413 g/mol. The van der Waals surface area contributed by atoms with E-state index in [1.54, 1.807) is 24.1 Å². The van der Waals surface area contributed by atoms with Gasteiger partial charge in [-0.3, -0.25) is 9.69 Å². The quantitative estimate of drug-likeness (QED) is 0.563. The minimum Gasteiger partial charge on any atom is -0.455 e. The second-order valence-corrected chi connectivity index (χ2v) is 7.84. The third kappa shape index (κ3) is 4.22. The summed E-state index contributed by atoms with van der Waals surface area (Å²) in [5.41, 5.74) is 5.35. The first kappa shape index (κ1) is 20.7. The molecule has 0 N–H and O–H groups in total. The van der Waals surface area contributed by atoms with E-state index in [-0.39, 0.29) is 12.5 Å². The number of carbonyl (C=O) groups is 2. The number of ether oxygens (including phenoxy) is 1. The van der Waals surface area contributed by atoms with Crippen LogP contribution in [0.4, 0.5) is 10.8 Å². The zero-order valence-corrected chi connectivity index (χ0v) is 18.1. The number of hydrogen-bond acceptors (Lipinski definition) is 7. The molecule has 0 spiro atoms. The normalized spacial score (nSPS) is 10.8. The maximum Gasteiger partial charge on any atom is 0.344 e. The first-order valence-electron chi connectivity index (χ1n) is 9.12. The first-order valence-corrected chi connectivity index (χ1v) is 10.00. The number of amides is 1. The molecule has 3 rings (SSSR count). The maximum atomic E-state index is 12.4. The van der Waals surface area contributed by atoms with Crippen LogP contribution in [-0.2, 0) is 16.1 Å². The SMILES string of the molecule is CC(=O)N(c1nc(COC(=O)c2c(C)noc2C)cs1)c1c(C)cc(C)cc1C. The van der Waals surface area contributed by atoms with Gasteiger partial charge in [-0.15, -0.1) is 11.3 Å². The van der Waals surface area contributed by atoms with Crippen LogP contribution in [0.15, 0.2) is 22.0 Å². The third-order valence-electron chi connectivity index (χ3n) is 4.49. The van der Waals surface area contributed by atoms with E-state index in [1.165, 1.54) is 18.3 Å². The van der Waals surface area contributed by atoms with E-state index in [1.807, 2.05) is 32.9 Å². The van der Waals surface area contributed by atoms with E-state index < -0.39 is 5.97 Å². The fourth-order valence-corrected chi connectivity index (χ4v) is 4.22. The molecule has 8 heteroatoms. The van der Waals surface area contributed by atoms with Crippen molar-refractivity contribution in [2.75, 3.05) is 4.90 Å². The molecule has 0 aliphatic rings. The average Bonchev–Trinajstić information content (AvgIpc) is 3.22. The summed E-state index contributed by atoms with van der Waals surface area (Å²) in [6.07, 6.45) is 0. The van der Waals surface area contributed by atoms with Crippen molar-refractivity contribution in [1.29, 1.82) is 0 Å². The van der Waals surface area contributed by atoms with E-state index in [4.69, 9.17) is 9.26 Å². The number of anilines is 2. The Hall–Kier alpha value is -3.00. The van der Waals surface area contributed by atoms with Gasteiger partial charge in [0.25, 0.3) is 0 Å². The van der Waals surface area contributed by atoms with Crippen molar-refractivity contribution in [2.24, 2.45) is 0 Å². The van der Waals surface area contributed by atoms with Crippen LogP contribution >= 0.6 is 11.3 Å². The molecule has 0 saturated heterocycles. The second kappa shape index (κ2) is 8.16. The Labute approximate surface area is 173 Å². The molecular formula is C21H23N3O4S. The summed E-state index contributed by atoms with van der Waals surface area (Å²) in [5.74, 6) is -0.224. The lowest BCUT2D eigenvalue weighted by molar-refractivity contribution is -0.115. The summed E-state index contributed by atoms with van der Waals surface area (Å²) in [6.45, 7) is 10.8. The predicted octanol–water partition coefficient (Wildman–Crippen LogP) is 4.71.